The Morgan fingerprint density at radius 3 is 2.45 bits per heavy atom. The molecule has 3 nitrogen and oxygen atoms in total. The summed E-state index contributed by atoms with van der Waals surface area (Å²) in [6.07, 6.45) is -0.412. The molecule has 2 N–H and O–H groups in total. The number of hydrogen-bond donors (Lipinski definition) is 1. The lowest BCUT2D eigenvalue weighted by Gasteiger charge is -2.28. The lowest BCUT2D eigenvalue weighted by Crippen LogP contribution is -2.41. The molecule has 2 atom stereocenters. The Morgan fingerprint density at radius 1 is 1.20 bits per heavy atom. The summed E-state index contributed by atoms with van der Waals surface area (Å²) in [7, 11) is 0. The third-order valence-corrected chi connectivity index (χ3v) is 4.43. The Balaban J connectivity index is 1.95. The number of nitrogens with zero attached hydrogens (tertiary/aromatic N) is 1. The summed E-state index contributed by atoms with van der Waals surface area (Å²) in [5, 5.41) is 0. The lowest BCUT2D eigenvalue weighted by atomic mass is 9.94. The zero-order valence-corrected chi connectivity index (χ0v) is 11.7. The van der Waals surface area contributed by atoms with Gasteiger partial charge < -0.3 is 10.6 Å². The molecule has 2 saturated carbocycles. The SMILES string of the molecule is NC[C@H]1CCC[C@H]1C(=O)N(CCC(F)(F)F)CC1CC1. The van der Waals surface area contributed by atoms with Crippen molar-refractivity contribution < 1.29 is 18.0 Å². The minimum absolute atomic E-state index is 0.103. The number of alkyl halides is 3. The second kappa shape index (κ2) is 6.33. The van der Waals surface area contributed by atoms with Crippen molar-refractivity contribution in [3.8, 4) is 0 Å². The molecule has 0 bridgehead atoms. The summed E-state index contributed by atoms with van der Waals surface area (Å²) < 4.78 is 37.2. The smallest absolute Gasteiger partial charge is 0.342 e. The Bertz CT molecular complexity index is 342. The number of rotatable bonds is 6. The highest BCUT2D eigenvalue weighted by atomic mass is 19.4. The van der Waals surface area contributed by atoms with Gasteiger partial charge in [0.2, 0.25) is 5.91 Å². The average Bonchev–Trinajstić information content (AvgIpc) is 3.06. The van der Waals surface area contributed by atoms with Gasteiger partial charge in [-0.25, -0.2) is 0 Å². The van der Waals surface area contributed by atoms with Gasteiger partial charge in [0.15, 0.2) is 0 Å². The molecular formula is C14H23F3N2O. The molecule has 0 aliphatic heterocycles. The fourth-order valence-electron chi connectivity index (χ4n) is 3.04. The van der Waals surface area contributed by atoms with E-state index in [9.17, 15) is 18.0 Å². The molecule has 2 fully saturated rings. The lowest BCUT2D eigenvalue weighted by molar-refractivity contribution is -0.148. The molecule has 0 radical (unpaired) electrons. The van der Waals surface area contributed by atoms with Crippen LogP contribution in [0.2, 0.25) is 0 Å². The van der Waals surface area contributed by atoms with Gasteiger partial charge in [-0.05, 0) is 44.1 Å². The van der Waals surface area contributed by atoms with Gasteiger partial charge in [0.05, 0.1) is 6.42 Å². The largest absolute Gasteiger partial charge is 0.390 e. The van der Waals surface area contributed by atoms with Crippen LogP contribution in [0.1, 0.15) is 38.5 Å². The molecule has 6 heteroatoms. The van der Waals surface area contributed by atoms with Gasteiger partial charge in [0, 0.05) is 19.0 Å². The molecule has 2 aliphatic rings. The van der Waals surface area contributed by atoms with Gasteiger partial charge in [0.25, 0.3) is 0 Å². The Morgan fingerprint density at radius 2 is 1.90 bits per heavy atom. The van der Waals surface area contributed by atoms with E-state index < -0.39 is 12.6 Å². The topological polar surface area (TPSA) is 46.3 Å². The van der Waals surface area contributed by atoms with Crippen LogP contribution in [0, 0.1) is 17.8 Å². The molecule has 0 heterocycles. The number of carbonyl (C=O) groups is 1. The van der Waals surface area contributed by atoms with Gasteiger partial charge in [-0.1, -0.05) is 6.42 Å². The Kier molecular flexibility index (Phi) is 4.94. The van der Waals surface area contributed by atoms with Crippen molar-refractivity contribution in [3.05, 3.63) is 0 Å². The summed E-state index contributed by atoms with van der Waals surface area (Å²) in [5.41, 5.74) is 5.67. The van der Waals surface area contributed by atoms with Crippen molar-refractivity contribution in [2.24, 2.45) is 23.5 Å². The maximum Gasteiger partial charge on any atom is 0.390 e. The molecule has 0 spiro atoms. The highest BCUT2D eigenvalue weighted by Gasteiger charge is 2.38. The van der Waals surface area contributed by atoms with E-state index in [-0.39, 0.29) is 24.3 Å². The molecular weight excluding hydrogens is 269 g/mol. The highest BCUT2D eigenvalue weighted by molar-refractivity contribution is 5.79. The molecule has 2 rings (SSSR count). The molecule has 20 heavy (non-hydrogen) atoms. The van der Waals surface area contributed by atoms with Crippen LogP contribution in [0.25, 0.3) is 0 Å². The van der Waals surface area contributed by atoms with Gasteiger partial charge in [0.1, 0.15) is 0 Å². The van der Waals surface area contributed by atoms with E-state index in [0.29, 0.717) is 19.0 Å². The minimum Gasteiger partial charge on any atom is -0.342 e. The van der Waals surface area contributed by atoms with Crippen LogP contribution < -0.4 is 5.73 Å². The van der Waals surface area contributed by atoms with Crippen LogP contribution in [-0.2, 0) is 4.79 Å². The molecule has 0 saturated heterocycles. The van der Waals surface area contributed by atoms with Gasteiger partial charge in [-0.3, -0.25) is 4.79 Å². The molecule has 0 aromatic carbocycles. The maximum absolute atomic E-state index is 12.5. The predicted octanol–water partition coefficient (Wildman–Crippen LogP) is 2.55. The fourth-order valence-corrected chi connectivity index (χ4v) is 3.04. The zero-order chi connectivity index (χ0) is 14.8. The quantitative estimate of drug-likeness (QED) is 0.818. The van der Waals surface area contributed by atoms with E-state index in [1.54, 1.807) is 0 Å². The zero-order valence-electron chi connectivity index (χ0n) is 11.7. The second-order valence-corrected chi connectivity index (χ2v) is 6.13. The number of amides is 1. The van der Waals surface area contributed by atoms with E-state index in [1.165, 1.54) is 4.90 Å². The molecule has 0 aromatic heterocycles. The average molecular weight is 292 g/mol. The van der Waals surface area contributed by atoms with E-state index >= 15 is 0 Å². The highest BCUT2D eigenvalue weighted by Crippen LogP contribution is 2.35. The first kappa shape index (κ1) is 15.6. The maximum atomic E-state index is 12.5. The van der Waals surface area contributed by atoms with Crippen molar-refractivity contribution in [1.82, 2.24) is 4.90 Å². The third kappa shape index (κ3) is 4.36. The predicted molar refractivity (Wildman–Crippen MR) is 69.9 cm³/mol. The van der Waals surface area contributed by atoms with E-state index in [1.807, 2.05) is 0 Å². The van der Waals surface area contributed by atoms with Crippen molar-refractivity contribution in [1.29, 1.82) is 0 Å². The van der Waals surface area contributed by atoms with Crippen LogP contribution in [0.3, 0.4) is 0 Å². The van der Waals surface area contributed by atoms with E-state index in [4.69, 9.17) is 5.73 Å². The fraction of sp³-hybridized carbons (Fsp3) is 0.929. The number of nitrogens with two attached hydrogens (primary N) is 1. The van der Waals surface area contributed by atoms with Gasteiger partial charge in [-0.15, -0.1) is 0 Å². The summed E-state index contributed by atoms with van der Waals surface area (Å²) in [6.45, 7) is 0.738. The molecule has 2 aliphatic carbocycles. The summed E-state index contributed by atoms with van der Waals surface area (Å²) >= 11 is 0. The monoisotopic (exact) mass is 292 g/mol. The van der Waals surface area contributed by atoms with Gasteiger partial charge >= 0.3 is 6.18 Å². The first-order chi connectivity index (χ1) is 9.40. The molecule has 0 aromatic rings. The first-order valence-corrected chi connectivity index (χ1v) is 7.46. The molecule has 116 valence electrons. The number of halogens is 3. The summed E-state index contributed by atoms with van der Waals surface area (Å²) in [5.74, 6) is 0.293. The van der Waals surface area contributed by atoms with Crippen molar-refractivity contribution in [3.63, 3.8) is 0 Å². The van der Waals surface area contributed by atoms with Crippen molar-refractivity contribution in [2.45, 2.75) is 44.7 Å². The van der Waals surface area contributed by atoms with Crippen LogP contribution >= 0.6 is 0 Å². The summed E-state index contributed by atoms with van der Waals surface area (Å²) in [4.78, 5) is 13.9. The van der Waals surface area contributed by atoms with Crippen LogP contribution in [0.5, 0.6) is 0 Å². The third-order valence-electron chi connectivity index (χ3n) is 4.43. The van der Waals surface area contributed by atoms with Gasteiger partial charge in [-0.2, -0.15) is 13.2 Å². The van der Waals surface area contributed by atoms with Crippen molar-refractivity contribution >= 4 is 5.91 Å². The van der Waals surface area contributed by atoms with Crippen molar-refractivity contribution in [2.75, 3.05) is 19.6 Å². The van der Waals surface area contributed by atoms with E-state index in [0.717, 1.165) is 32.1 Å². The van der Waals surface area contributed by atoms with E-state index in [2.05, 4.69) is 0 Å². The Hall–Kier alpha value is -0.780. The molecule has 1 amide bonds. The first-order valence-electron chi connectivity index (χ1n) is 7.46. The summed E-state index contributed by atoms with van der Waals surface area (Å²) in [6, 6.07) is 0. The van der Waals surface area contributed by atoms with Crippen LogP contribution in [-0.4, -0.2) is 36.6 Å². The second-order valence-electron chi connectivity index (χ2n) is 6.13. The van der Waals surface area contributed by atoms with Crippen LogP contribution in [0.15, 0.2) is 0 Å². The molecule has 0 unspecified atom stereocenters. The Labute approximate surface area is 117 Å². The minimum atomic E-state index is -4.20. The standard InChI is InChI=1S/C14H23F3N2O/c15-14(16,17)6-7-19(9-10-4-5-10)13(20)12-3-1-2-11(12)8-18/h10-12H,1-9,18H2/t11-,12-/m1/s1. The number of hydrogen-bond acceptors (Lipinski definition) is 2. The normalized spacial score (nSPS) is 26.8. The van der Waals surface area contributed by atoms with Crippen LogP contribution in [0.4, 0.5) is 13.2 Å². The number of carbonyl (C=O) groups excluding carboxylic acids is 1.